The first-order valence-electron chi connectivity index (χ1n) is 11.7. The number of rotatable bonds is 1. The fourth-order valence-corrected chi connectivity index (χ4v) is 5.47. The van der Waals surface area contributed by atoms with Gasteiger partial charge in [0.05, 0.1) is 29.9 Å². The van der Waals surface area contributed by atoms with Crippen LogP contribution >= 0.6 is 0 Å². The molecule has 3 aromatic rings. The molecule has 1 aliphatic heterocycles. The van der Waals surface area contributed by atoms with Crippen molar-refractivity contribution >= 4 is 17.5 Å². The predicted molar refractivity (Wildman–Crippen MR) is 132 cm³/mol. The van der Waals surface area contributed by atoms with Crippen LogP contribution in [0.3, 0.4) is 0 Å². The maximum Gasteiger partial charge on any atom is 0.345 e. The van der Waals surface area contributed by atoms with Crippen molar-refractivity contribution in [2.24, 2.45) is 0 Å². The van der Waals surface area contributed by atoms with Crippen molar-refractivity contribution in [1.29, 1.82) is 5.26 Å². The van der Waals surface area contributed by atoms with Gasteiger partial charge in [0.15, 0.2) is 5.78 Å². The lowest BCUT2D eigenvalue weighted by atomic mass is 9.75. The number of phenols is 4. The smallest absolute Gasteiger partial charge is 0.345 e. The Morgan fingerprint density at radius 1 is 0.897 bits per heavy atom. The zero-order chi connectivity index (χ0) is 28.5. The number of carbonyl (C=O) groups is 3. The SMILES string of the molecule is CC#N.COc1c2c(c(O)c3c1C(=O)c1c(cc(O)c(C)c1O)C3=O)-c1c(cc3c(c1O)C(=O)O[C@@H]3O)CC2. The minimum atomic E-state index is -1.55. The lowest BCUT2D eigenvalue weighted by molar-refractivity contribution is -0.0548. The van der Waals surface area contributed by atoms with Gasteiger partial charge in [0.1, 0.15) is 34.3 Å². The van der Waals surface area contributed by atoms with E-state index in [4.69, 9.17) is 14.7 Å². The van der Waals surface area contributed by atoms with Crippen molar-refractivity contribution in [3.05, 3.63) is 62.2 Å². The number of carbonyl (C=O) groups excluding carboxylic acids is 3. The van der Waals surface area contributed by atoms with Gasteiger partial charge in [-0.1, -0.05) is 0 Å². The molecule has 0 amide bonds. The van der Waals surface area contributed by atoms with Crippen LogP contribution in [0.5, 0.6) is 28.7 Å². The molecule has 11 nitrogen and oxygen atoms in total. The number of esters is 1. The molecule has 3 aromatic carbocycles. The molecule has 1 atom stereocenters. The van der Waals surface area contributed by atoms with Gasteiger partial charge in [-0.2, -0.15) is 5.26 Å². The number of cyclic esters (lactones) is 1. The van der Waals surface area contributed by atoms with Crippen LogP contribution in [0.1, 0.15) is 77.7 Å². The second-order valence-corrected chi connectivity index (χ2v) is 9.14. The van der Waals surface area contributed by atoms with E-state index in [2.05, 4.69) is 0 Å². The number of hydrogen-bond acceptors (Lipinski definition) is 11. The first-order valence-corrected chi connectivity index (χ1v) is 11.7. The van der Waals surface area contributed by atoms with Gasteiger partial charge in [0, 0.05) is 40.3 Å². The number of ether oxygens (including phenoxy) is 2. The van der Waals surface area contributed by atoms with Crippen LogP contribution in [0, 0.1) is 18.3 Å². The van der Waals surface area contributed by atoms with E-state index in [0.717, 1.165) is 6.07 Å². The van der Waals surface area contributed by atoms with E-state index in [9.17, 15) is 39.9 Å². The number of aliphatic hydroxyl groups is 1. The maximum absolute atomic E-state index is 13.6. The second-order valence-electron chi connectivity index (χ2n) is 9.14. The highest BCUT2D eigenvalue weighted by Crippen LogP contribution is 2.55. The van der Waals surface area contributed by atoms with E-state index in [0.29, 0.717) is 11.1 Å². The average Bonchev–Trinajstić information content (AvgIpc) is 3.18. The van der Waals surface area contributed by atoms with Gasteiger partial charge in [-0.3, -0.25) is 9.59 Å². The van der Waals surface area contributed by atoms with E-state index in [1.807, 2.05) is 0 Å². The summed E-state index contributed by atoms with van der Waals surface area (Å²) >= 11 is 0. The summed E-state index contributed by atoms with van der Waals surface area (Å²) in [5.41, 5.74) is -0.564. The zero-order valence-electron chi connectivity index (χ0n) is 20.9. The van der Waals surface area contributed by atoms with Crippen molar-refractivity contribution in [2.45, 2.75) is 33.0 Å². The normalized spacial score (nSPS) is 16.0. The second kappa shape index (κ2) is 8.75. The average molecular weight is 531 g/mol. The number of aliphatic hydroxyl groups excluding tert-OH is 1. The molecular weight excluding hydrogens is 510 g/mol. The molecule has 0 saturated heterocycles. The number of nitriles is 1. The fraction of sp³-hybridized carbons (Fsp3) is 0.214. The van der Waals surface area contributed by atoms with Gasteiger partial charge in [-0.05, 0) is 37.5 Å². The van der Waals surface area contributed by atoms with Crippen LogP contribution in [-0.2, 0) is 17.6 Å². The standard InChI is InChI=1S/C26H18O10.C2H3N/c1-7-12(27)6-10-15(19(7)28)23(32)18-17(20(10)29)22(31)14-9(24(18)35-2)4-3-8-5-11-16(21(30)13(8)14)26(34)36-25(11)33;1-2-3/h5-6,25,27-28,30-31,33H,3-4H2,1-2H3;1H3/t25-;/m0./s1. The Morgan fingerprint density at radius 3 is 2.18 bits per heavy atom. The molecule has 1 heterocycles. The van der Waals surface area contributed by atoms with E-state index in [1.165, 1.54) is 27.0 Å². The molecular formula is C28H21NO10. The Morgan fingerprint density at radius 2 is 1.54 bits per heavy atom. The third-order valence-electron chi connectivity index (χ3n) is 7.18. The van der Waals surface area contributed by atoms with Crippen molar-refractivity contribution in [1.82, 2.24) is 0 Å². The van der Waals surface area contributed by atoms with Gasteiger partial charge in [-0.25, -0.2) is 4.79 Å². The number of phenolic OH excluding ortho intramolecular Hbond substituents is 4. The van der Waals surface area contributed by atoms with Crippen LogP contribution in [0.25, 0.3) is 11.1 Å². The van der Waals surface area contributed by atoms with Gasteiger partial charge in [-0.15, -0.1) is 0 Å². The lowest BCUT2D eigenvalue weighted by Gasteiger charge is -2.30. The Kier molecular flexibility index (Phi) is 5.73. The molecule has 0 saturated carbocycles. The number of fused-ring (bicyclic) bond motifs is 6. The van der Waals surface area contributed by atoms with Gasteiger partial charge < -0.3 is 35.0 Å². The highest BCUT2D eigenvalue weighted by atomic mass is 16.6. The molecule has 39 heavy (non-hydrogen) atoms. The predicted octanol–water partition coefficient (Wildman–Crippen LogP) is 3.06. The summed E-state index contributed by atoms with van der Waals surface area (Å²) in [7, 11) is 1.29. The third kappa shape index (κ3) is 3.28. The summed E-state index contributed by atoms with van der Waals surface area (Å²) in [5, 5.41) is 60.6. The minimum Gasteiger partial charge on any atom is -0.508 e. The van der Waals surface area contributed by atoms with Gasteiger partial charge >= 0.3 is 5.97 Å². The fourth-order valence-electron chi connectivity index (χ4n) is 5.47. The molecule has 2 aliphatic carbocycles. The third-order valence-corrected chi connectivity index (χ3v) is 7.18. The molecule has 5 N–H and O–H groups in total. The summed E-state index contributed by atoms with van der Waals surface area (Å²) in [6, 6.07) is 4.30. The monoisotopic (exact) mass is 531 g/mol. The van der Waals surface area contributed by atoms with Crippen molar-refractivity contribution in [3.63, 3.8) is 0 Å². The molecule has 0 fully saturated rings. The minimum absolute atomic E-state index is 0.00601. The summed E-state index contributed by atoms with van der Waals surface area (Å²) in [5.74, 6) is -4.69. The van der Waals surface area contributed by atoms with Crippen LogP contribution in [-0.4, -0.2) is 50.2 Å². The van der Waals surface area contributed by atoms with E-state index >= 15 is 0 Å². The van der Waals surface area contributed by atoms with E-state index in [-0.39, 0.29) is 63.1 Å². The molecule has 0 spiro atoms. The molecule has 0 bridgehead atoms. The summed E-state index contributed by atoms with van der Waals surface area (Å²) in [6.07, 6.45) is -1.03. The van der Waals surface area contributed by atoms with E-state index in [1.54, 1.807) is 6.07 Å². The maximum atomic E-state index is 13.6. The Labute approximate surface area is 220 Å². The Balaban J connectivity index is 0.000000983. The van der Waals surface area contributed by atoms with Crippen LogP contribution in [0.2, 0.25) is 0 Å². The van der Waals surface area contributed by atoms with Crippen molar-refractivity contribution < 1.29 is 49.4 Å². The summed E-state index contributed by atoms with van der Waals surface area (Å²) in [4.78, 5) is 39.4. The highest BCUT2D eigenvalue weighted by Gasteiger charge is 2.43. The number of aryl methyl sites for hydroxylation is 1. The largest absolute Gasteiger partial charge is 0.508 e. The topological polar surface area (TPSA) is 195 Å². The Hall–Kier alpha value is -5.08. The molecule has 3 aliphatic rings. The number of aromatic hydroxyl groups is 4. The molecule has 6 rings (SSSR count). The first kappa shape index (κ1) is 25.6. The number of hydrogen-bond donors (Lipinski definition) is 5. The quantitative estimate of drug-likeness (QED) is 0.227. The summed E-state index contributed by atoms with van der Waals surface area (Å²) < 4.78 is 10.4. The summed E-state index contributed by atoms with van der Waals surface area (Å²) in [6.45, 7) is 2.82. The van der Waals surface area contributed by atoms with Crippen molar-refractivity contribution in [3.8, 4) is 45.9 Å². The van der Waals surface area contributed by atoms with Gasteiger partial charge in [0.25, 0.3) is 0 Å². The number of nitrogens with zero attached hydrogens (tertiary/aromatic N) is 1. The van der Waals surface area contributed by atoms with Crippen LogP contribution in [0.4, 0.5) is 0 Å². The molecule has 0 aromatic heterocycles. The molecule has 11 heteroatoms. The molecule has 0 radical (unpaired) electrons. The van der Waals surface area contributed by atoms with Crippen molar-refractivity contribution in [2.75, 3.05) is 7.11 Å². The van der Waals surface area contributed by atoms with Crippen LogP contribution < -0.4 is 4.74 Å². The Bertz CT molecular complexity index is 1710. The number of benzene rings is 3. The first-order chi connectivity index (χ1) is 18.5. The van der Waals surface area contributed by atoms with E-state index < -0.39 is 52.4 Å². The number of ketones is 2. The molecule has 0 unspecified atom stereocenters. The highest BCUT2D eigenvalue weighted by molar-refractivity contribution is 6.32. The number of methoxy groups -OCH3 is 1. The van der Waals surface area contributed by atoms with Gasteiger partial charge in [0.2, 0.25) is 12.1 Å². The lowest BCUT2D eigenvalue weighted by Crippen LogP contribution is -2.24. The zero-order valence-corrected chi connectivity index (χ0v) is 20.9. The van der Waals surface area contributed by atoms with Crippen LogP contribution in [0.15, 0.2) is 12.1 Å². The molecule has 198 valence electrons.